The highest BCUT2D eigenvalue weighted by molar-refractivity contribution is 14.1. The third-order valence-corrected chi connectivity index (χ3v) is 2.94. The Hall–Kier alpha value is -0.290. The maximum atomic E-state index is 5.68. The van der Waals surface area contributed by atoms with E-state index < -0.39 is 0 Å². The second kappa shape index (κ2) is 4.98. The van der Waals surface area contributed by atoms with Crippen LogP contribution in [0.2, 0.25) is 0 Å². The molecule has 0 amide bonds. The van der Waals surface area contributed by atoms with Gasteiger partial charge in [0.15, 0.2) is 6.29 Å². The van der Waals surface area contributed by atoms with Crippen LogP contribution in [0.1, 0.15) is 19.3 Å². The second-order valence-corrected chi connectivity index (χ2v) is 4.61. The van der Waals surface area contributed by atoms with Crippen LogP contribution in [0.5, 0.6) is 5.75 Å². The molecule has 2 nitrogen and oxygen atoms in total. The van der Waals surface area contributed by atoms with Crippen LogP contribution < -0.4 is 4.74 Å². The van der Waals surface area contributed by atoms with Crippen molar-refractivity contribution in [3.8, 4) is 5.75 Å². The van der Waals surface area contributed by atoms with Gasteiger partial charge >= 0.3 is 0 Å². The summed E-state index contributed by atoms with van der Waals surface area (Å²) >= 11 is 2.28. The van der Waals surface area contributed by atoms with Crippen LogP contribution in [0.25, 0.3) is 0 Å². The SMILES string of the molecule is Ic1ccc(O[C@@H]2CCCCO2)cc1. The van der Waals surface area contributed by atoms with Crippen molar-refractivity contribution in [2.45, 2.75) is 25.6 Å². The molecule has 76 valence electrons. The quantitative estimate of drug-likeness (QED) is 0.781. The van der Waals surface area contributed by atoms with E-state index in [1.54, 1.807) is 0 Å². The lowest BCUT2D eigenvalue weighted by Crippen LogP contribution is -2.24. The van der Waals surface area contributed by atoms with Crippen LogP contribution in [-0.2, 0) is 4.74 Å². The smallest absolute Gasteiger partial charge is 0.199 e. The number of ether oxygens (including phenoxy) is 2. The molecule has 1 heterocycles. The topological polar surface area (TPSA) is 18.5 Å². The molecule has 0 N–H and O–H groups in total. The van der Waals surface area contributed by atoms with Gasteiger partial charge in [0.2, 0.25) is 0 Å². The predicted octanol–water partition coefficient (Wildman–Crippen LogP) is 3.20. The van der Waals surface area contributed by atoms with Crippen molar-refractivity contribution < 1.29 is 9.47 Å². The molecule has 0 spiro atoms. The van der Waals surface area contributed by atoms with Gasteiger partial charge in [-0.25, -0.2) is 0 Å². The summed E-state index contributed by atoms with van der Waals surface area (Å²) in [6, 6.07) is 8.05. The van der Waals surface area contributed by atoms with Gasteiger partial charge in [0.1, 0.15) is 5.75 Å². The van der Waals surface area contributed by atoms with Gasteiger partial charge in [-0.2, -0.15) is 0 Å². The Labute approximate surface area is 97.7 Å². The summed E-state index contributed by atoms with van der Waals surface area (Å²) in [5.41, 5.74) is 0. The molecule has 3 heteroatoms. The summed E-state index contributed by atoms with van der Waals surface area (Å²) in [5, 5.41) is 0. The standard InChI is InChI=1S/C11H13IO2/c12-9-4-6-10(7-5-9)14-11-3-1-2-8-13-11/h4-7,11H,1-3,8H2/t11-/m1/s1. The summed E-state index contributed by atoms with van der Waals surface area (Å²) in [4.78, 5) is 0. The Morgan fingerprint density at radius 3 is 2.64 bits per heavy atom. The molecular weight excluding hydrogens is 291 g/mol. The molecule has 1 aliphatic heterocycles. The van der Waals surface area contributed by atoms with Gasteiger partial charge in [0, 0.05) is 9.99 Å². The van der Waals surface area contributed by atoms with Crippen molar-refractivity contribution in [1.82, 2.24) is 0 Å². The molecule has 1 aromatic rings. The van der Waals surface area contributed by atoms with E-state index in [1.165, 1.54) is 9.99 Å². The molecule has 1 aliphatic rings. The molecule has 1 atom stereocenters. The Balaban J connectivity index is 1.92. The first-order chi connectivity index (χ1) is 6.84. The van der Waals surface area contributed by atoms with Crippen LogP contribution in [0.15, 0.2) is 24.3 Å². The van der Waals surface area contributed by atoms with Gasteiger partial charge in [-0.3, -0.25) is 0 Å². The normalized spacial score (nSPS) is 21.9. The van der Waals surface area contributed by atoms with E-state index in [0.29, 0.717) is 0 Å². The van der Waals surface area contributed by atoms with E-state index in [9.17, 15) is 0 Å². The largest absolute Gasteiger partial charge is 0.465 e. The van der Waals surface area contributed by atoms with E-state index in [-0.39, 0.29) is 6.29 Å². The molecule has 2 rings (SSSR count). The summed E-state index contributed by atoms with van der Waals surface area (Å²) in [5.74, 6) is 0.900. The molecule has 1 saturated heterocycles. The van der Waals surface area contributed by atoms with Crippen molar-refractivity contribution in [3.63, 3.8) is 0 Å². The summed E-state index contributed by atoms with van der Waals surface area (Å²) in [7, 11) is 0. The fourth-order valence-corrected chi connectivity index (χ4v) is 1.83. The zero-order valence-corrected chi connectivity index (χ0v) is 10.1. The average molecular weight is 304 g/mol. The zero-order valence-electron chi connectivity index (χ0n) is 7.91. The van der Waals surface area contributed by atoms with Gasteiger partial charge in [-0.15, -0.1) is 0 Å². The molecule has 1 aromatic carbocycles. The van der Waals surface area contributed by atoms with Crippen molar-refractivity contribution in [3.05, 3.63) is 27.8 Å². The first-order valence-electron chi connectivity index (χ1n) is 4.88. The summed E-state index contributed by atoms with van der Waals surface area (Å²) < 4.78 is 12.4. The van der Waals surface area contributed by atoms with Gasteiger partial charge in [-0.1, -0.05) is 0 Å². The molecule has 14 heavy (non-hydrogen) atoms. The minimum Gasteiger partial charge on any atom is -0.465 e. The molecule has 0 aromatic heterocycles. The Morgan fingerprint density at radius 1 is 1.21 bits per heavy atom. The fraction of sp³-hybridized carbons (Fsp3) is 0.455. The van der Waals surface area contributed by atoms with Gasteiger partial charge in [0.05, 0.1) is 6.61 Å². The van der Waals surface area contributed by atoms with Gasteiger partial charge in [0.25, 0.3) is 0 Å². The maximum absolute atomic E-state index is 5.68. The Kier molecular flexibility index (Phi) is 3.64. The monoisotopic (exact) mass is 304 g/mol. The van der Waals surface area contributed by atoms with E-state index >= 15 is 0 Å². The summed E-state index contributed by atoms with van der Waals surface area (Å²) in [6.45, 7) is 0.828. The Morgan fingerprint density at radius 2 is 2.00 bits per heavy atom. The average Bonchev–Trinajstić information content (AvgIpc) is 2.23. The number of benzene rings is 1. The third-order valence-electron chi connectivity index (χ3n) is 2.22. The molecule has 0 saturated carbocycles. The predicted molar refractivity (Wildman–Crippen MR) is 63.4 cm³/mol. The van der Waals surface area contributed by atoms with Crippen molar-refractivity contribution in [1.29, 1.82) is 0 Å². The molecule has 1 fully saturated rings. The van der Waals surface area contributed by atoms with E-state index in [2.05, 4.69) is 22.6 Å². The first-order valence-corrected chi connectivity index (χ1v) is 5.96. The van der Waals surface area contributed by atoms with Crippen LogP contribution in [0.4, 0.5) is 0 Å². The van der Waals surface area contributed by atoms with Crippen LogP contribution in [0, 0.1) is 3.57 Å². The van der Waals surface area contributed by atoms with Gasteiger partial charge in [-0.05, 0) is 59.7 Å². The zero-order chi connectivity index (χ0) is 9.80. The van der Waals surface area contributed by atoms with Crippen molar-refractivity contribution >= 4 is 22.6 Å². The molecule has 0 radical (unpaired) electrons. The lowest BCUT2D eigenvalue weighted by molar-refractivity contribution is -0.105. The fourth-order valence-electron chi connectivity index (χ4n) is 1.47. The van der Waals surface area contributed by atoms with Crippen LogP contribution in [0.3, 0.4) is 0 Å². The van der Waals surface area contributed by atoms with E-state index in [0.717, 1.165) is 25.2 Å². The highest BCUT2D eigenvalue weighted by atomic mass is 127. The van der Waals surface area contributed by atoms with Crippen molar-refractivity contribution in [2.24, 2.45) is 0 Å². The minimum atomic E-state index is -0.0381. The number of rotatable bonds is 2. The van der Waals surface area contributed by atoms with Crippen molar-refractivity contribution in [2.75, 3.05) is 6.61 Å². The lowest BCUT2D eigenvalue weighted by Gasteiger charge is -2.23. The highest BCUT2D eigenvalue weighted by Crippen LogP contribution is 2.19. The van der Waals surface area contributed by atoms with Gasteiger partial charge < -0.3 is 9.47 Å². The number of hydrogen-bond donors (Lipinski definition) is 0. The molecule has 0 aliphatic carbocycles. The maximum Gasteiger partial charge on any atom is 0.199 e. The van der Waals surface area contributed by atoms with E-state index in [4.69, 9.17) is 9.47 Å². The lowest BCUT2D eigenvalue weighted by atomic mass is 10.2. The van der Waals surface area contributed by atoms with Crippen LogP contribution >= 0.6 is 22.6 Å². The highest BCUT2D eigenvalue weighted by Gasteiger charge is 2.14. The number of hydrogen-bond acceptors (Lipinski definition) is 2. The third kappa shape index (κ3) is 2.85. The molecule has 0 bridgehead atoms. The Bertz CT molecular complexity index is 278. The van der Waals surface area contributed by atoms with Crippen LogP contribution in [-0.4, -0.2) is 12.9 Å². The first kappa shape index (κ1) is 10.2. The van der Waals surface area contributed by atoms with E-state index in [1.807, 2.05) is 24.3 Å². The molecule has 0 unspecified atom stereocenters. The minimum absolute atomic E-state index is 0.0381. The molecular formula is C11H13IO2. The summed E-state index contributed by atoms with van der Waals surface area (Å²) in [6.07, 6.45) is 3.33. The second-order valence-electron chi connectivity index (χ2n) is 3.37. The number of halogens is 1.